The SMILES string of the molecule is CC(NC(=O)C(C)(N)c1ccccc1)c1ccc(C(F)(F)F)cc1. The normalized spacial score (nSPS) is 15.4. The number of hydrogen-bond donors (Lipinski definition) is 2. The van der Waals surface area contributed by atoms with Crippen molar-refractivity contribution in [2.75, 3.05) is 0 Å². The third kappa shape index (κ3) is 3.94. The Morgan fingerprint density at radius 3 is 2.04 bits per heavy atom. The molecule has 2 aromatic carbocycles. The Bertz CT molecular complexity index is 694. The average Bonchev–Trinajstić information content (AvgIpc) is 2.54. The molecule has 0 spiro atoms. The number of alkyl halides is 3. The minimum absolute atomic E-state index is 0.402. The van der Waals surface area contributed by atoms with Crippen LogP contribution in [0.1, 0.15) is 36.6 Å². The summed E-state index contributed by atoms with van der Waals surface area (Å²) in [5.74, 6) is -0.402. The maximum absolute atomic E-state index is 12.6. The van der Waals surface area contributed by atoms with Gasteiger partial charge in [-0.05, 0) is 37.1 Å². The molecular formula is C18H19F3N2O. The van der Waals surface area contributed by atoms with Crippen LogP contribution in [-0.2, 0) is 16.5 Å². The van der Waals surface area contributed by atoms with Crippen LogP contribution in [-0.4, -0.2) is 5.91 Å². The van der Waals surface area contributed by atoms with E-state index >= 15 is 0 Å². The summed E-state index contributed by atoms with van der Waals surface area (Å²) < 4.78 is 37.8. The molecular weight excluding hydrogens is 317 g/mol. The first-order valence-electron chi connectivity index (χ1n) is 7.45. The van der Waals surface area contributed by atoms with E-state index in [2.05, 4.69) is 5.32 Å². The maximum Gasteiger partial charge on any atom is 0.416 e. The van der Waals surface area contributed by atoms with E-state index in [9.17, 15) is 18.0 Å². The molecule has 0 radical (unpaired) electrons. The van der Waals surface area contributed by atoms with Gasteiger partial charge in [0.1, 0.15) is 5.54 Å². The van der Waals surface area contributed by atoms with E-state index in [0.717, 1.165) is 12.1 Å². The molecule has 1 amide bonds. The van der Waals surface area contributed by atoms with Crippen molar-refractivity contribution in [3.05, 3.63) is 71.3 Å². The number of hydrogen-bond acceptors (Lipinski definition) is 2. The lowest BCUT2D eigenvalue weighted by atomic mass is 9.91. The van der Waals surface area contributed by atoms with E-state index in [1.807, 2.05) is 6.07 Å². The number of nitrogens with two attached hydrogens (primary N) is 1. The summed E-state index contributed by atoms with van der Waals surface area (Å²) >= 11 is 0. The molecule has 0 aromatic heterocycles. The largest absolute Gasteiger partial charge is 0.416 e. The van der Waals surface area contributed by atoms with Gasteiger partial charge in [-0.15, -0.1) is 0 Å². The average molecular weight is 336 g/mol. The number of benzene rings is 2. The monoisotopic (exact) mass is 336 g/mol. The van der Waals surface area contributed by atoms with Gasteiger partial charge in [0.15, 0.2) is 0 Å². The zero-order valence-electron chi connectivity index (χ0n) is 13.4. The molecule has 0 fully saturated rings. The second kappa shape index (κ2) is 6.65. The van der Waals surface area contributed by atoms with Gasteiger partial charge in [0.25, 0.3) is 0 Å². The molecule has 2 atom stereocenters. The molecule has 0 aliphatic carbocycles. The third-order valence-corrected chi connectivity index (χ3v) is 3.93. The zero-order valence-corrected chi connectivity index (χ0v) is 13.4. The number of carbonyl (C=O) groups is 1. The molecule has 24 heavy (non-hydrogen) atoms. The summed E-state index contributed by atoms with van der Waals surface area (Å²) in [6, 6.07) is 13.1. The van der Waals surface area contributed by atoms with Crippen LogP contribution >= 0.6 is 0 Å². The van der Waals surface area contributed by atoms with Crippen LogP contribution in [0.3, 0.4) is 0 Å². The lowest BCUT2D eigenvalue weighted by molar-refractivity contribution is -0.137. The van der Waals surface area contributed by atoms with Crippen LogP contribution in [0, 0.1) is 0 Å². The van der Waals surface area contributed by atoms with Crippen molar-refractivity contribution in [2.45, 2.75) is 31.6 Å². The first-order valence-corrected chi connectivity index (χ1v) is 7.45. The molecule has 2 aromatic rings. The number of carbonyl (C=O) groups excluding carboxylic acids is 1. The van der Waals surface area contributed by atoms with E-state index in [-0.39, 0.29) is 0 Å². The second-order valence-electron chi connectivity index (χ2n) is 5.88. The highest BCUT2D eigenvalue weighted by Crippen LogP contribution is 2.30. The Morgan fingerprint density at radius 1 is 1.00 bits per heavy atom. The molecule has 3 nitrogen and oxygen atoms in total. The highest BCUT2D eigenvalue weighted by Gasteiger charge is 2.32. The summed E-state index contributed by atoms with van der Waals surface area (Å²) in [6.07, 6.45) is -4.38. The molecule has 0 heterocycles. The van der Waals surface area contributed by atoms with E-state index in [1.165, 1.54) is 12.1 Å². The first kappa shape index (κ1) is 18.0. The lowest BCUT2D eigenvalue weighted by Crippen LogP contribution is -2.49. The van der Waals surface area contributed by atoms with Crippen molar-refractivity contribution < 1.29 is 18.0 Å². The van der Waals surface area contributed by atoms with Gasteiger partial charge in [-0.25, -0.2) is 0 Å². The number of rotatable bonds is 4. The van der Waals surface area contributed by atoms with Gasteiger partial charge in [-0.1, -0.05) is 42.5 Å². The predicted molar refractivity (Wildman–Crippen MR) is 86.0 cm³/mol. The molecule has 0 saturated heterocycles. The van der Waals surface area contributed by atoms with Crippen LogP contribution in [0.25, 0.3) is 0 Å². The van der Waals surface area contributed by atoms with Gasteiger partial charge >= 0.3 is 6.18 Å². The maximum atomic E-state index is 12.6. The van der Waals surface area contributed by atoms with Crippen LogP contribution in [0.2, 0.25) is 0 Å². The van der Waals surface area contributed by atoms with Gasteiger partial charge in [0.2, 0.25) is 5.91 Å². The third-order valence-electron chi connectivity index (χ3n) is 3.93. The Labute approximate surface area is 138 Å². The fraction of sp³-hybridized carbons (Fsp3) is 0.278. The van der Waals surface area contributed by atoms with Gasteiger partial charge < -0.3 is 11.1 Å². The van der Waals surface area contributed by atoms with E-state index in [0.29, 0.717) is 11.1 Å². The van der Waals surface area contributed by atoms with E-state index < -0.39 is 29.2 Å². The van der Waals surface area contributed by atoms with Crippen molar-refractivity contribution in [3.63, 3.8) is 0 Å². The zero-order chi connectivity index (χ0) is 18.0. The van der Waals surface area contributed by atoms with Gasteiger partial charge in [0, 0.05) is 0 Å². The van der Waals surface area contributed by atoms with Crippen LogP contribution in [0.15, 0.2) is 54.6 Å². The van der Waals surface area contributed by atoms with Crippen molar-refractivity contribution in [3.8, 4) is 0 Å². The van der Waals surface area contributed by atoms with Crippen molar-refractivity contribution >= 4 is 5.91 Å². The molecule has 0 saturated carbocycles. The Balaban J connectivity index is 2.11. The van der Waals surface area contributed by atoms with Crippen molar-refractivity contribution in [1.29, 1.82) is 0 Å². The van der Waals surface area contributed by atoms with Crippen molar-refractivity contribution in [1.82, 2.24) is 5.32 Å². The lowest BCUT2D eigenvalue weighted by Gasteiger charge is -2.26. The Kier molecular flexibility index (Phi) is 4.99. The number of nitrogens with one attached hydrogen (secondary N) is 1. The summed E-state index contributed by atoms with van der Waals surface area (Å²) in [5, 5.41) is 2.75. The quantitative estimate of drug-likeness (QED) is 0.893. The predicted octanol–water partition coefficient (Wildman–Crippen LogP) is 3.76. The summed E-state index contributed by atoms with van der Waals surface area (Å²) in [5.41, 5.74) is 5.39. The Morgan fingerprint density at radius 2 is 1.54 bits per heavy atom. The Hall–Kier alpha value is -2.34. The molecule has 0 bridgehead atoms. The molecule has 0 aliphatic heterocycles. The minimum atomic E-state index is -4.38. The van der Waals surface area contributed by atoms with Crippen LogP contribution < -0.4 is 11.1 Å². The number of halogens is 3. The van der Waals surface area contributed by atoms with Crippen LogP contribution in [0.5, 0.6) is 0 Å². The fourth-order valence-corrected chi connectivity index (χ4v) is 2.31. The van der Waals surface area contributed by atoms with Gasteiger partial charge in [-0.3, -0.25) is 4.79 Å². The highest BCUT2D eigenvalue weighted by atomic mass is 19.4. The van der Waals surface area contributed by atoms with E-state index in [1.54, 1.807) is 38.1 Å². The molecule has 6 heteroatoms. The topological polar surface area (TPSA) is 55.1 Å². The highest BCUT2D eigenvalue weighted by molar-refractivity contribution is 5.87. The smallest absolute Gasteiger partial charge is 0.348 e. The summed E-state index contributed by atoms with van der Waals surface area (Å²) in [4.78, 5) is 12.5. The molecule has 2 unspecified atom stereocenters. The second-order valence-corrected chi connectivity index (χ2v) is 5.88. The molecule has 3 N–H and O–H groups in total. The molecule has 0 aliphatic rings. The summed E-state index contributed by atoms with van der Waals surface area (Å²) in [7, 11) is 0. The molecule has 128 valence electrons. The van der Waals surface area contributed by atoms with Crippen molar-refractivity contribution in [2.24, 2.45) is 5.73 Å². The van der Waals surface area contributed by atoms with Gasteiger partial charge in [-0.2, -0.15) is 13.2 Å². The minimum Gasteiger partial charge on any atom is -0.348 e. The van der Waals surface area contributed by atoms with Crippen LogP contribution in [0.4, 0.5) is 13.2 Å². The summed E-state index contributed by atoms with van der Waals surface area (Å²) in [6.45, 7) is 3.29. The standard InChI is InChI=1S/C18H19F3N2O/c1-12(13-8-10-15(11-9-13)18(19,20)21)23-16(24)17(2,22)14-6-4-3-5-7-14/h3-12H,22H2,1-2H3,(H,23,24). The molecule has 2 rings (SSSR count). The van der Waals surface area contributed by atoms with E-state index in [4.69, 9.17) is 5.73 Å². The first-order chi connectivity index (χ1) is 11.1. The van der Waals surface area contributed by atoms with Gasteiger partial charge in [0.05, 0.1) is 11.6 Å². The fourth-order valence-electron chi connectivity index (χ4n) is 2.31. The number of amides is 1.